The molecular weight excluding hydrogens is 296 g/mol. The van der Waals surface area contributed by atoms with Gasteiger partial charge in [0, 0.05) is 11.3 Å². The Bertz CT molecular complexity index is 657. The number of aryl methyl sites for hydroxylation is 2. The van der Waals surface area contributed by atoms with Crippen molar-refractivity contribution in [1.29, 1.82) is 0 Å². The molecule has 1 fully saturated rings. The molecule has 0 atom stereocenters. The molecule has 0 saturated heterocycles. The van der Waals surface area contributed by atoms with E-state index in [-0.39, 0.29) is 12.5 Å². The van der Waals surface area contributed by atoms with Crippen molar-refractivity contribution < 1.29 is 9.53 Å². The Morgan fingerprint density at radius 1 is 1.32 bits per heavy atom. The number of hydrogen-bond donors (Lipinski definition) is 1. The molecule has 4 nitrogen and oxygen atoms in total. The van der Waals surface area contributed by atoms with Gasteiger partial charge < -0.3 is 10.1 Å². The highest BCUT2D eigenvalue weighted by atomic mass is 32.1. The maximum Gasteiger partial charge on any atom is 0.258 e. The van der Waals surface area contributed by atoms with Crippen molar-refractivity contribution >= 4 is 17.2 Å². The number of thiazole rings is 1. The summed E-state index contributed by atoms with van der Waals surface area (Å²) in [5.74, 6) is 1.28. The molecule has 1 aromatic carbocycles. The second kappa shape index (κ2) is 6.48. The van der Waals surface area contributed by atoms with Crippen LogP contribution in [0.15, 0.2) is 23.6 Å². The Morgan fingerprint density at radius 3 is 2.73 bits per heavy atom. The first-order valence-corrected chi connectivity index (χ1v) is 8.40. The minimum absolute atomic E-state index is 0.0303. The highest BCUT2D eigenvalue weighted by molar-refractivity contribution is 7.09. The van der Waals surface area contributed by atoms with Crippen molar-refractivity contribution in [2.24, 2.45) is 0 Å². The van der Waals surface area contributed by atoms with Gasteiger partial charge in [0.25, 0.3) is 5.91 Å². The second-order valence-electron chi connectivity index (χ2n) is 5.84. The SMILES string of the molecule is Cc1cc(C)cc(OCC(=O)NCc2csc(C3CC3)n2)c1. The van der Waals surface area contributed by atoms with Crippen molar-refractivity contribution in [2.75, 3.05) is 6.61 Å². The van der Waals surface area contributed by atoms with E-state index in [2.05, 4.69) is 16.4 Å². The number of aromatic nitrogens is 1. The third-order valence-corrected chi connectivity index (χ3v) is 4.58. The predicted molar refractivity (Wildman–Crippen MR) is 87.3 cm³/mol. The van der Waals surface area contributed by atoms with Gasteiger partial charge in [-0.2, -0.15) is 0 Å². The van der Waals surface area contributed by atoms with Crippen LogP contribution in [0.4, 0.5) is 0 Å². The van der Waals surface area contributed by atoms with E-state index in [1.807, 2.05) is 31.4 Å². The lowest BCUT2D eigenvalue weighted by Gasteiger charge is -2.08. The van der Waals surface area contributed by atoms with Gasteiger partial charge in [0.15, 0.2) is 6.61 Å². The standard InChI is InChI=1S/C17H20N2O2S/c1-11-5-12(2)7-15(6-11)21-9-16(20)18-8-14-10-22-17(19-14)13-3-4-13/h5-7,10,13H,3-4,8-9H2,1-2H3,(H,18,20). The second-order valence-corrected chi connectivity index (χ2v) is 6.73. The van der Waals surface area contributed by atoms with Crippen LogP contribution in [-0.4, -0.2) is 17.5 Å². The summed E-state index contributed by atoms with van der Waals surface area (Å²) in [5, 5.41) is 6.08. The molecular formula is C17H20N2O2S. The van der Waals surface area contributed by atoms with Gasteiger partial charge in [0.1, 0.15) is 5.75 Å². The molecule has 116 valence electrons. The van der Waals surface area contributed by atoms with Gasteiger partial charge in [-0.25, -0.2) is 4.98 Å². The van der Waals surface area contributed by atoms with Crippen LogP contribution in [0.25, 0.3) is 0 Å². The molecule has 1 aliphatic rings. The van der Waals surface area contributed by atoms with Crippen LogP contribution in [0, 0.1) is 13.8 Å². The van der Waals surface area contributed by atoms with E-state index in [0.29, 0.717) is 12.5 Å². The van der Waals surface area contributed by atoms with Crippen LogP contribution < -0.4 is 10.1 Å². The van der Waals surface area contributed by atoms with Crippen LogP contribution in [0.5, 0.6) is 5.75 Å². The van der Waals surface area contributed by atoms with Crippen LogP contribution in [0.2, 0.25) is 0 Å². The number of ether oxygens (including phenoxy) is 1. The van der Waals surface area contributed by atoms with Crippen molar-refractivity contribution in [3.05, 3.63) is 45.4 Å². The molecule has 1 heterocycles. The van der Waals surface area contributed by atoms with Crippen molar-refractivity contribution in [1.82, 2.24) is 10.3 Å². The fourth-order valence-corrected chi connectivity index (χ4v) is 3.32. The normalized spacial score (nSPS) is 13.9. The quantitative estimate of drug-likeness (QED) is 0.889. The summed E-state index contributed by atoms with van der Waals surface area (Å²) >= 11 is 1.69. The van der Waals surface area contributed by atoms with Crippen LogP contribution in [0.1, 0.15) is 40.6 Å². The minimum atomic E-state index is -0.125. The van der Waals surface area contributed by atoms with Gasteiger partial charge in [-0.1, -0.05) is 6.07 Å². The lowest BCUT2D eigenvalue weighted by molar-refractivity contribution is -0.123. The highest BCUT2D eigenvalue weighted by Gasteiger charge is 2.26. The smallest absolute Gasteiger partial charge is 0.258 e. The number of nitrogens with zero attached hydrogens (tertiary/aromatic N) is 1. The van der Waals surface area contributed by atoms with Crippen molar-refractivity contribution in [2.45, 2.75) is 39.2 Å². The predicted octanol–water partition coefficient (Wildman–Crippen LogP) is 3.33. The van der Waals surface area contributed by atoms with Gasteiger partial charge in [-0.3, -0.25) is 4.79 Å². The number of carbonyl (C=O) groups excluding carboxylic acids is 1. The van der Waals surface area contributed by atoms with Gasteiger partial charge in [0.05, 0.1) is 17.2 Å². The largest absolute Gasteiger partial charge is 0.484 e. The molecule has 1 N–H and O–H groups in total. The van der Waals surface area contributed by atoms with E-state index >= 15 is 0 Å². The third-order valence-electron chi connectivity index (χ3n) is 3.53. The molecule has 1 aliphatic carbocycles. The molecule has 0 bridgehead atoms. The molecule has 0 radical (unpaired) electrons. The molecule has 0 unspecified atom stereocenters. The number of hydrogen-bond acceptors (Lipinski definition) is 4. The van der Waals surface area contributed by atoms with E-state index in [1.165, 1.54) is 17.8 Å². The first-order chi connectivity index (χ1) is 10.6. The van der Waals surface area contributed by atoms with Crippen LogP contribution in [0.3, 0.4) is 0 Å². The summed E-state index contributed by atoms with van der Waals surface area (Å²) in [6, 6.07) is 5.94. The Labute approximate surface area is 134 Å². The van der Waals surface area contributed by atoms with E-state index < -0.39 is 0 Å². The molecule has 5 heteroatoms. The van der Waals surface area contributed by atoms with Crippen molar-refractivity contribution in [3.63, 3.8) is 0 Å². The summed E-state index contributed by atoms with van der Waals surface area (Å²) in [5.41, 5.74) is 3.20. The van der Waals surface area contributed by atoms with E-state index in [4.69, 9.17) is 4.74 Å². The summed E-state index contributed by atoms with van der Waals surface area (Å²) < 4.78 is 5.54. The molecule has 22 heavy (non-hydrogen) atoms. The maximum absolute atomic E-state index is 11.9. The Morgan fingerprint density at radius 2 is 2.05 bits per heavy atom. The average molecular weight is 316 g/mol. The molecule has 1 saturated carbocycles. The van der Waals surface area contributed by atoms with E-state index in [1.54, 1.807) is 11.3 Å². The number of carbonyl (C=O) groups is 1. The van der Waals surface area contributed by atoms with E-state index in [9.17, 15) is 4.79 Å². The summed E-state index contributed by atoms with van der Waals surface area (Å²) in [6.45, 7) is 4.53. The Kier molecular flexibility index (Phi) is 4.43. The van der Waals surface area contributed by atoms with Crippen LogP contribution in [-0.2, 0) is 11.3 Å². The zero-order valence-corrected chi connectivity index (χ0v) is 13.7. The maximum atomic E-state index is 11.9. The third kappa shape index (κ3) is 4.07. The molecule has 1 aromatic heterocycles. The fourth-order valence-electron chi connectivity index (χ4n) is 2.33. The van der Waals surface area contributed by atoms with Gasteiger partial charge >= 0.3 is 0 Å². The average Bonchev–Trinajstić information content (AvgIpc) is 3.21. The zero-order chi connectivity index (χ0) is 15.5. The topological polar surface area (TPSA) is 51.2 Å². The molecule has 0 aliphatic heterocycles. The Balaban J connectivity index is 1.45. The Hall–Kier alpha value is -1.88. The zero-order valence-electron chi connectivity index (χ0n) is 12.9. The summed E-state index contributed by atoms with van der Waals surface area (Å²) in [7, 11) is 0. The summed E-state index contributed by atoms with van der Waals surface area (Å²) in [4.78, 5) is 16.4. The molecule has 2 aromatic rings. The van der Waals surface area contributed by atoms with Gasteiger partial charge in [-0.15, -0.1) is 11.3 Å². The lowest BCUT2D eigenvalue weighted by Crippen LogP contribution is -2.28. The monoisotopic (exact) mass is 316 g/mol. The number of benzene rings is 1. The van der Waals surface area contributed by atoms with Crippen LogP contribution >= 0.6 is 11.3 Å². The van der Waals surface area contributed by atoms with Gasteiger partial charge in [0.2, 0.25) is 0 Å². The number of rotatable bonds is 6. The van der Waals surface area contributed by atoms with E-state index in [0.717, 1.165) is 22.6 Å². The number of nitrogens with one attached hydrogen (secondary N) is 1. The fraction of sp³-hybridized carbons (Fsp3) is 0.412. The molecule has 3 rings (SSSR count). The first kappa shape index (κ1) is 15.0. The lowest BCUT2D eigenvalue weighted by atomic mass is 10.1. The first-order valence-electron chi connectivity index (χ1n) is 7.52. The summed E-state index contributed by atoms with van der Waals surface area (Å²) in [6.07, 6.45) is 2.51. The molecule has 1 amide bonds. The number of amides is 1. The van der Waals surface area contributed by atoms with Gasteiger partial charge in [-0.05, 0) is 49.9 Å². The molecule has 0 spiro atoms. The minimum Gasteiger partial charge on any atom is -0.484 e. The van der Waals surface area contributed by atoms with Crippen molar-refractivity contribution in [3.8, 4) is 5.75 Å². The highest BCUT2D eigenvalue weighted by Crippen LogP contribution is 2.41.